The van der Waals surface area contributed by atoms with Crippen LogP contribution in [0.4, 0.5) is 0 Å². The van der Waals surface area contributed by atoms with Crippen molar-refractivity contribution in [3.63, 3.8) is 0 Å². The van der Waals surface area contributed by atoms with Gasteiger partial charge in [0.05, 0.1) is 6.07 Å². The molecule has 0 radical (unpaired) electrons. The van der Waals surface area contributed by atoms with E-state index in [-0.39, 0.29) is 24.5 Å². The van der Waals surface area contributed by atoms with Gasteiger partial charge in [-0.3, -0.25) is 4.79 Å². The highest BCUT2D eigenvalue weighted by Gasteiger charge is 2.13. The highest BCUT2D eigenvalue weighted by Crippen LogP contribution is 2.23. The van der Waals surface area contributed by atoms with Crippen molar-refractivity contribution >= 4 is 23.5 Å². The Bertz CT molecular complexity index is 510. The number of hydrogen-bond donors (Lipinski definition) is 2. The summed E-state index contributed by atoms with van der Waals surface area (Å²) < 4.78 is 5.05. The molecule has 0 aromatic heterocycles. The summed E-state index contributed by atoms with van der Waals surface area (Å²) in [6.45, 7) is -0.522. The van der Waals surface area contributed by atoms with Gasteiger partial charge in [-0.2, -0.15) is 5.26 Å². The fourth-order valence-electron chi connectivity index (χ4n) is 1.12. The number of carbonyl (C=O) groups excluding carboxylic acids is 1. The molecule has 18 heavy (non-hydrogen) atoms. The van der Waals surface area contributed by atoms with E-state index in [4.69, 9.17) is 26.7 Å². The molecule has 0 saturated heterocycles. The van der Waals surface area contributed by atoms with E-state index in [9.17, 15) is 9.59 Å². The maximum Gasteiger partial charge on any atom is 0.339 e. The second kappa shape index (κ2) is 6.47. The van der Waals surface area contributed by atoms with Crippen LogP contribution in [0.1, 0.15) is 10.4 Å². The molecule has 0 bridgehead atoms. The van der Waals surface area contributed by atoms with Gasteiger partial charge in [0.15, 0.2) is 6.61 Å². The van der Waals surface area contributed by atoms with E-state index in [2.05, 4.69) is 5.32 Å². The minimum Gasteiger partial charge on any atom is -0.483 e. The van der Waals surface area contributed by atoms with Gasteiger partial charge in [-0.05, 0) is 18.2 Å². The Morgan fingerprint density at radius 3 is 2.83 bits per heavy atom. The molecule has 0 atom stereocenters. The molecule has 1 aromatic carbocycles. The van der Waals surface area contributed by atoms with Crippen molar-refractivity contribution < 1.29 is 19.4 Å². The molecular formula is C11H9ClN2O4. The number of carbonyl (C=O) groups is 2. The smallest absolute Gasteiger partial charge is 0.339 e. The molecule has 0 aliphatic heterocycles. The molecule has 0 spiro atoms. The van der Waals surface area contributed by atoms with Gasteiger partial charge >= 0.3 is 5.97 Å². The van der Waals surface area contributed by atoms with Crippen molar-refractivity contribution in [2.75, 3.05) is 13.2 Å². The van der Waals surface area contributed by atoms with Gasteiger partial charge in [0.25, 0.3) is 5.91 Å². The van der Waals surface area contributed by atoms with Crippen LogP contribution in [0.15, 0.2) is 18.2 Å². The van der Waals surface area contributed by atoms with Gasteiger partial charge in [-0.1, -0.05) is 11.6 Å². The van der Waals surface area contributed by atoms with Crippen LogP contribution in [-0.2, 0) is 4.79 Å². The van der Waals surface area contributed by atoms with Crippen LogP contribution in [0, 0.1) is 11.3 Å². The van der Waals surface area contributed by atoms with Gasteiger partial charge in [-0.25, -0.2) is 4.79 Å². The quantitative estimate of drug-likeness (QED) is 0.778. The number of halogens is 1. The number of carboxylic acids is 1. The lowest BCUT2D eigenvalue weighted by atomic mass is 10.2. The molecule has 0 fully saturated rings. The zero-order chi connectivity index (χ0) is 13.5. The van der Waals surface area contributed by atoms with Crippen LogP contribution in [-0.4, -0.2) is 30.1 Å². The molecule has 0 heterocycles. The van der Waals surface area contributed by atoms with Crippen molar-refractivity contribution in [3.05, 3.63) is 28.8 Å². The second-order valence-electron chi connectivity index (χ2n) is 3.17. The maximum absolute atomic E-state index is 11.2. The molecule has 0 aliphatic carbocycles. The van der Waals surface area contributed by atoms with E-state index >= 15 is 0 Å². The predicted molar refractivity (Wildman–Crippen MR) is 62.5 cm³/mol. The molecule has 1 aromatic rings. The van der Waals surface area contributed by atoms with Gasteiger partial charge in [-0.15, -0.1) is 0 Å². The summed E-state index contributed by atoms with van der Waals surface area (Å²) in [5, 5.41) is 19.7. The number of rotatable bonds is 5. The Kier molecular flexibility index (Phi) is 4.96. The molecule has 0 unspecified atom stereocenters. The topological polar surface area (TPSA) is 99.4 Å². The average Bonchev–Trinajstić information content (AvgIpc) is 2.33. The van der Waals surface area contributed by atoms with Gasteiger partial charge in [0.2, 0.25) is 0 Å². The molecule has 0 saturated carbocycles. The van der Waals surface area contributed by atoms with Crippen molar-refractivity contribution in [3.8, 4) is 11.8 Å². The van der Waals surface area contributed by atoms with E-state index in [1.54, 1.807) is 6.07 Å². The SMILES string of the molecule is N#CCNC(=O)COc1cc(Cl)ccc1C(=O)O. The zero-order valence-corrected chi connectivity index (χ0v) is 9.90. The van der Waals surface area contributed by atoms with Gasteiger partial charge in [0.1, 0.15) is 17.9 Å². The largest absolute Gasteiger partial charge is 0.483 e. The number of amides is 1. The monoisotopic (exact) mass is 268 g/mol. The first kappa shape index (κ1) is 13.8. The van der Waals surface area contributed by atoms with Gasteiger partial charge in [0, 0.05) is 5.02 Å². The average molecular weight is 269 g/mol. The predicted octanol–water partition coefficient (Wildman–Crippen LogP) is 1.06. The highest BCUT2D eigenvalue weighted by molar-refractivity contribution is 6.30. The summed E-state index contributed by atoms with van der Waals surface area (Å²) in [7, 11) is 0. The molecule has 94 valence electrons. The minimum atomic E-state index is -1.18. The Balaban J connectivity index is 2.72. The number of ether oxygens (including phenoxy) is 1. The lowest BCUT2D eigenvalue weighted by Gasteiger charge is -2.08. The molecule has 7 heteroatoms. The Hall–Kier alpha value is -2.26. The summed E-state index contributed by atoms with van der Waals surface area (Å²) in [6.07, 6.45) is 0. The first-order chi connectivity index (χ1) is 8.54. The second-order valence-corrected chi connectivity index (χ2v) is 3.61. The molecule has 6 nitrogen and oxygen atoms in total. The van der Waals surface area contributed by atoms with E-state index in [0.717, 1.165) is 0 Å². The summed E-state index contributed by atoms with van der Waals surface area (Å²) in [5.41, 5.74) is -0.0903. The fourth-order valence-corrected chi connectivity index (χ4v) is 1.29. The van der Waals surface area contributed by atoms with Crippen LogP contribution in [0.5, 0.6) is 5.75 Å². The maximum atomic E-state index is 11.2. The molecule has 1 amide bonds. The zero-order valence-electron chi connectivity index (χ0n) is 9.14. The number of hydrogen-bond acceptors (Lipinski definition) is 4. The van der Waals surface area contributed by atoms with Crippen LogP contribution in [0.25, 0.3) is 0 Å². The summed E-state index contributed by atoms with van der Waals surface area (Å²) in [5.74, 6) is -1.70. The van der Waals surface area contributed by atoms with Crippen molar-refractivity contribution in [1.82, 2.24) is 5.32 Å². The van der Waals surface area contributed by atoms with Crippen molar-refractivity contribution in [2.45, 2.75) is 0 Å². The first-order valence-corrected chi connectivity index (χ1v) is 5.21. The number of nitriles is 1. The molecular weight excluding hydrogens is 260 g/mol. The highest BCUT2D eigenvalue weighted by atomic mass is 35.5. The Morgan fingerprint density at radius 2 is 2.22 bits per heavy atom. The third kappa shape index (κ3) is 3.96. The molecule has 2 N–H and O–H groups in total. The van der Waals surface area contributed by atoms with Crippen molar-refractivity contribution in [2.24, 2.45) is 0 Å². The van der Waals surface area contributed by atoms with E-state index in [1.807, 2.05) is 0 Å². The van der Waals surface area contributed by atoms with Crippen LogP contribution < -0.4 is 10.1 Å². The van der Waals surface area contributed by atoms with E-state index in [0.29, 0.717) is 5.02 Å². The normalized spacial score (nSPS) is 9.33. The third-order valence-electron chi connectivity index (χ3n) is 1.90. The minimum absolute atomic E-state index is 0.00195. The summed E-state index contributed by atoms with van der Waals surface area (Å²) in [4.78, 5) is 22.1. The summed E-state index contributed by atoms with van der Waals surface area (Å²) >= 11 is 5.70. The van der Waals surface area contributed by atoms with Crippen LogP contribution >= 0.6 is 11.6 Å². The molecule has 1 rings (SSSR count). The van der Waals surface area contributed by atoms with Gasteiger partial charge < -0.3 is 15.2 Å². The number of carboxylic acid groups (broad SMARTS) is 1. The Morgan fingerprint density at radius 1 is 1.50 bits per heavy atom. The standard InChI is InChI=1S/C11H9ClN2O4/c12-7-1-2-8(11(16)17)9(5-7)18-6-10(15)14-4-3-13/h1-2,5H,4,6H2,(H,14,15)(H,16,17). The number of nitrogens with zero attached hydrogens (tertiary/aromatic N) is 1. The number of aromatic carboxylic acids is 1. The summed E-state index contributed by atoms with van der Waals surface area (Å²) in [6, 6.07) is 5.74. The number of nitrogens with one attached hydrogen (secondary N) is 1. The molecule has 0 aliphatic rings. The number of benzene rings is 1. The van der Waals surface area contributed by atoms with E-state index in [1.165, 1.54) is 18.2 Å². The van der Waals surface area contributed by atoms with Crippen LogP contribution in [0.3, 0.4) is 0 Å². The van der Waals surface area contributed by atoms with Crippen molar-refractivity contribution in [1.29, 1.82) is 5.26 Å². The Labute approximate surface area is 108 Å². The lowest BCUT2D eigenvalue weighted by molar-refractivity contribution is -0.122. The third-order valence-corrected chi connectivity index (χ3v) is 2.13. The first-order valence-electron chi connectivity index (χ1n) is 4.84. The fraction of sp³-hybridized carbons (Fsp3) is 0.182. The van der Waals surface area contributed by atoms with Crippen LogP contribution in [0.2, 0.25) is 5.02 Å². The lowest BCUT2D eigenvalue weighted by Crippen LogP contribution is -2.29. The van der Waals surface area contributed by atoms with E-state index < -0.39 is 11.9 Å².